The molecule has 0 aliphatic carbocycles. The molecule has 0 saturated carbocycles. The number of halogens is 1. The van der Waals surface area contributed by atoms with Crippen LogP contribution < -0.4 is 0 Å². The summed E-state index contributed by atoms with van der Waals surface area (Å²) >= 11 is 6.45. The van der Waals surface area contributed by atoms with Crippen LogP contribution in [0.4, 0.5) is 0 Å². The Labute approximate surface area is 168 Å². The second kappa shape index (κ2) is 8.79. The molecule has 0 bridgehead atoms. The number of aromatic nitrogens is 4. The lowest BCUT2D eigenvalue weighted by Crippen LogP contribution is -2.31. The molecule has 0 N–H and O–H groups in total. The van der Waals surface area contributed by atoms with E-state index in [0.29, 0.717) is 24.0 Å². The molecule has 0 aliphatic rings. The van der Waals surface area contributed by atoms with Crippen LogP contribution in [0.5, 0.6) is 0 Å². The molecule has 0 atom stereocenters. The largest absolute Gasteiger partial charge is 0.337 e. The van der Waals surface area contributed by atoms with Gasteiger partial charge in [0.15, 0.2) is 0 Å². The van der Waals surface area contributed by atoms with Crippen LogP contribution in [0.15, 0.2) is 45.3 Å². The highest BCUT2D eigenvalue weighted by molar-refractivity contribution is 9.11. The lowest BCUT2D eigenvalue weighted by Gasteiger charge is -2.19. The molecule has 136 valence electrons. The third kappa shape index (κ3) is 4.72. The molecule has 0 saturated heterocycles. The van der Waals surface area contributed by atoms with Gasteiger partial charge in [-0.05, 0) is 64.5 Å². The molecule has 9 heteroatoms. The second-order valence-electron chi connectivity index (χ2n) is 5.61. The molecule has 0 fully saturated rings. The first-order chi connectivity index (χ1) is 12.6. The molecule has 2 heterocycles. The van der Waals surface area contributed by atoms with Gasteiger partial charge in [-0.1, -0.05) is 29.5 Å². The summed E-state index contributed by atoms with van der Waals surface area (Å²) in [5.74, 6) is 0.368. The summed E-state index contributed by atoms with van der Waals surface area (Å²) in [6.45, 7) is 5.30. The van der Waals surface area contributed by atoms with Crippen LogP contribution in [0.3, 0.4) is 0 Å². The van der Waals surface area contributed by atoms with Gasteiger partial charge in [0.25, 0.3) is 0 Å². The first kappa shape index (κ1) is 19.1. The van der Waals surface area contributed by atoms with Crippen molar-refractivity contribution in [3.8, 4) is 5.69 Å². The number of hydrogen-bond acceptors (Lipinski definition) is 6. The van der Waals surface area contributed by atoms with Gasteiger partial charge in [-0.15, -0.1) is 16.4 Å². The van der Waals surface area contributed by atoms with Gasteiger partial charge in [0.1, 0.15) is 0 Å². The first-order valence-electron chi connectivity index (χ1n) is 8.07. The highest BCUT2D eigenvalue weighted by Crippen LogP contribution is 2.24. The average Bonchev–Trinajstić information content (AvgIpc) is 3.27. The molecule has 6 nitrogen and oxygen atoms in total. The molecule has 26 heavy (non-hydrogen) atoms. The molecule has 2 aromatic heterocycles. The monoisotopic (exact) mass is 451 g/mol. The quantitative estimate of drug-likeness (QED) is 0.509. The fraction of sp³-hybridized carbons (Fsp3) is 0.294. The summed E-state index contributed by atoms with van der Waals surface area (Å²) < 4.78 is 2.73. The zero-order valence-electron chi connectivity index (χ0n) is 14.4. The molecular weight excluding hydrogens is 434 g/mol. The minimum atomic E-state index is 0.0699. The fourth-order valence-corrected chi connectivity index (χ4v) is 4.63. The van der Waals surface area contributed by atoms with Crippen LogP contribution in [0, 0.1) is 6.92 Å². The summed E-state index contributed by atoms with van der Waals surface area (Å²) in [5.41, 5.74) is 2.05. The summed E-state index contributed by atoms with van der Waals surface area (Å²) in [4.78, 5) is 15.6. The van der Waals surface area contributed by atoms with E-state index in [0.717, 1.165) is 14.4 Å². The Balaban J connectivity index is 1.64. The number of carbonyl (C=O) groups excluding carboxylic acids is 1. The maximum Gasteiger partial charge on any atom is 0.233 e. The topological polar surface area (TPSA) is 63.9 Å². The average molecular weight is 452 g/mol. The van der Waals surface area contributed by atoms with E-state index in [1.807, 2.05) is 55.1 Å². The minimum absolute atomic E-state index is 0.0699. The number of nitrogens with zero attached hydrogens (tertiary/aromatic N) is 5. The lowest BCUT2D eigenvalue weighted by atomic mass is 10.2. The third-order valence-electron chi connectivity index (χ3n) is 3.75. The van der Waals surface area contributed by atoms with Gasteiger partial charge in [-0.2, -0.15) is 4.68 Å². The van der Waals surface area contributed by atoms with Gasteiger partial charge in [-0.25, -0.2) is 0 Å². The Morgan fingerprint density at radius 3 is 2.69 bits per heavy atom. The number of benzene rings is 1. The van der Waals surface area contributed by atoms with Crippen LogP contribution in [-0.4, -0.2) is 43.3 Å². The van der Waals surface area contributed by atoms with Gasteiger partial charge >= 0.3 is 0 Å². The van der Waals surface area contributed by atoms with E-state index in [4.69, 9.17) is 0 Å². The molecule has 0 radical (unpaired) electrons. The van der Waals surface area contributed by atoms with E-state index in [9.17, 15) is 4.79 Å². The summed E-state index contributed by atoms with van der Waals surface area (Å²) in [6, 6.07) is 12.0. The zero-order chi connectivity index (χ0) is 18.5. The number of thiophene rings is 1. The van der Waals surface area contributed by atoms with Gasteiger partial charge < -0.3 is 4.90 Å². The maximum absolute atomic E-state index is 12.6. The zero-order valence-corrected chi connectivity index (χ0v) is 17.6. The van der Waals surface area contributed by atoms with Gasteiger partial charge in [0.05, 0.1) is 21.8 Å². The number of hydrogen-bond donors (Lipinski definition) is 0. The van der Waals surface area contributed by atoms with E-state index in [1.165, 1.54) is 17.3 Å². The second-order valence-corrected chi connectivity index (χ2v) is 9.10. The lowest BCUT2D eigenvalue weighted by molar-refractivity contribution is -0.128. The van der Waals surface area contributed by atoms with E-state index >= 15 is 0 Å². The van der Waals surface area contributed by atoms with Gasteiger partial charge in [0.2, 0.25) is 11.1 Å². The van der Waals surface area contributed by atoms with Crippen LogP contribution in [0.1, 0.15) is 17.4 Å². The number of carbonyl (C=O) groups is 1. The van der Waals surface area contributed by atoms with Crippen LogP contribution >= 0.6 is 39.0 Å². The van der Waals surface area contributed by atoms with Crippen LogP contribution in [0.2, 0.25) is 0 Å². The van der Waals surface area contributed by atoms with Crippen molar-refractivity contribution in [3.05, 3.63) is 50.6 Å². The molecule has 1 amide bonds. The van der Waals surface area contributed by atoms with E-state index < -0.39 is 0 Å². The Hall–Kier alpha value is -1.71. The van der Waals surface area contributed by atoms with Gasteiger partial charge in [0, 0.05) is 11.4 Å². The van der Waals surface area contributed by atoms with Crippen molar-refractivity contribution in [2.24, 2.45) is 0 Å². The van der Waals surface area contributed by atoms with Crippen molar-refractivity contribution in [2.75, 3.05) is 12.3 Å². The fourth-order valence-electron chi connectivity index (χ4n) is 2.34. The van der Waals surface area contributed by atoms with Crippen LogP contribution in [0.25, 0.3) is 5.69 Å². The number of rotatable bonds is 7. The third-order valence-corrected chi connectivity index (χ3v) is 6.27. The summed E-state index contributed by atoms with van der Waals surface area (Å²) in [5, 5.41) is 12.4. The molecule has 3 rings (SSSR count). The van der Waals surface area contributed by atoms with Crippen molar-refractivity contribution >= 4 is 44.9 Å². The molecule has 1 aromatic carbocycles. The van der Waals surface area contributed by atoms with Crippen molar-refractivity contribution in [1.29, 1.82) is 0 Å². The van der Waals surface area contributed by atoms with Crippen molar-refractivity contribution in [1.82, 2.24) is 25.1 Å². The van der Waals surface area contributed by atoms with Crippen molar-refractivity contribution < 1.29 is 4.79 Å². The molecule has 0 spiro atoms. The minimum Gasteiger partial charge on any atom is -0.337 e. The molecule has 0 aliphatic heterocycles. The molecule has 3 aromatic rings. The smallest absolute Gasteiger partial charge is 0.233 e. The Bertz CT molecular complexity index is 877. The maximum atomic E-state index is 12.6. The molecular formula is C17H18BrN5OS2. The summed E-state index contributed by atoms with van der Waals surface area (Å²) in [6.07, 6.45) is 0. The van der Waals surface area contributed by atoms with E-state index in [-0.39, 0.29) is 5.91 Å². The Morgan fingerprint density at radius 2 is 2.04 bits per heavy atom. The standard InChI is InChI=1S/C17H18BrN5OS2/c1-3-22(10-14-8-9-15(18)26-14)16(24)11-25-17-19-20-21-23(17)13-6-4-12(2)5-7-13/h4-9H,3,10-11H2,1-2H3. The van der Waals surface area contributed by atoms with Crippen molar-refractivity contribution in [3.63, 3.8) is 0 Å². The van der Waals surface area contributed by atoms with E-state index in [2.05, 4.69) is 31.5 Å². The Kier molecular flexibility index (Phi) is 6.44. The highest BCUT2D eigenvalue weighted by atomic mass is 79.9. The highest BCUT2D eigenvalue weighted by Gasteiger charge is 2.16. The normalized spacial score (nSPS) is 10.9. The summed E-state index contributed by atoms with van der Waals surface area (Å²) in [7, 11) is 0. The number of tetrazole rings is 1. The Morgan fingerprint density at radius 1 is 1.27 bits per heavy atom. The number of thioether (sulfide) groups is 1. The number of aryl methyl sites for hydroxylation is 1. The number of amides is 1. The van der Waals surface area contributed by atoms with Crippen molar-refractivity contribution in [2.45, 2.75) is 25.5 Å². The molecule has 0 unspecified atom stereocenters. The predicted octanol–water partition coefficient (Wildman–Crippen LogP) is 3.94. The van der Waals surface area contributed by atoms with Crippen LogP contribution in [-0.2, 0) is 11.3 Å². The van der Waals surface area contributed by atoms with E-state index in [1.54, 1.807) is 16.0 Å². The predicted molar refractivity (Wildman–Crippen MR) is 108 cm³/mol. The van der Waals surface area contributed by atoms with Gasteiger partial charge in [-0.3, -0.25) is 4.79 Å². The SMILES string of the molecule is CCN(Cc1ccc(Br)s1)C(=O)CSc1nnnn1-c1ccc(C)cc1. The first-order valence-corrected chi connectivity index (χ1v) is 10.7.